The molecule has 150 valence electrons. The molecule has 1 aromatic heterocycles. The lowest BCUT2D eigenvalue weighted by Gasteiger charge is -2.13. The molecule has 1 unspecified atom stereocenters. The van der Waals surface area contributed by atoms with E-state index in [9.17, 15) is 14.7 Å². The van der Waals surface area contributed by atoms with Crippen molar-refractivity contribution >= 4 is 11.9 Å². The number of aliphatic carboxylic acids is 1. The van der Waals surface area contributed by atoms with Gasteiger partial charge in [-0.05, 0) is 50.5 Å². The van der Waals surface area contributed by atoms with Crippen LogP contribution < -0.4 is 5.32 Å². The number of hydrogen-bond acceptors (Lipinski definition) is 4. The van der Waals surface area contributed by atoms with Crippen LogP contribution in [-0.2, 0) is 11.2 Å². The van der Waals surface area contributed by atoms with Crippen molar-refractivity contribution in [2.45, 2.75) is 27.2 Å². The minimum atomic E-state index is -0.952. The number of carbonyl (C=O) groups is 2. The first-order valence-corrected chi connectivity index (χ1v) is 9.41. The molecule has 3 rings (SSSR count). The molecule has 3 aromatic rings. The van der Waals surface area contributed by atoms with E-state index in [0.717, 1.165) is 22.4 Å². The summed E-state index contributed by atoms with van der Waals surface area (Å²) >= 11 is 0. The summed E-state index contributed by atoms with van der Waals surface area (Å²) in [5, 5.41) is 20.3. The number of aromatic nitrogens is 3. The van der Waals surface area contributed by atoms with E-state index in [0.29, 0.717) is 12.1 Å². The van der Waals surface area contributed by atoms with E-state index in [1.165, 1.54) is 0 Å². The maximum absolute atomic E-state index is 12.6. The smallest absolute Gasteiger partial charge is 0.308 e. The van der Waals surface area contributed by atoms with Gasteiger partial charge in [0.15, 0.2) is 5.69 Å². The molecule has 7 nitrogen and oxygen atoms in total. The van der Waals surface area contributed by atoms with E-state index in [2.05, 4.69) is 15.6 Å². The molecule has 7 heteroatoms. The molecule has 0 saturated heterocycles. The predicted octanol–water partition coefficient (Wildman–Crippen LogP) is 2.87. The summed E-state index contributed by atoms with van der Waals surface area (Å²) in [6.07, 6.45) is 0.340. The largest absolute Gasteiger partial charge is 0.481 e. The Hall–Kier alpha value is -3.48. The summed E-state index contributed by atoms with van der Waals surface area (Å²) in [5.41, 5.74) is 4.66. The average Bonchev–Trinajstić information content (AvgIpc) is 3.06. The van der Waals surface area contributed by atoms with Crippen molar-refractivity contribution in [2.75, 3.05) is 6.54 Å². The van der Waals surface area contributed by atoms with Crippen LogP contribution in [0.2, 0.25) is 0 Å². The molecule has 1 amide bonds. The summed E-state index contributed by atoms with van der Waals surface area (Å²) in [6.45, 7) is 5.71. The molecular formula is C22H24N4O3. The van der Waals surface area contributed by atoms with Gasteiger partial charge in [0.2, 0.25) is 0 Å². The standard InChI is InChI=1S/C22H24N4O3/c1-14-6-4-8-17(10-14)12-18(22(28)29)13-23-21(27)20-16(3)26(25-24-20)19-9-5-7-15(2)11-19/h4-11,18H,12-13H2,1-3H3,(H,23,27)(H,28,29). The highest BCUT2D eigenvalue weighted by Crippen LogP contribution is 2.14. The van der Waals surface area contributed by atoms with Crippen molar-refractivity contribution in [3.8, 4) is 5.69 Å². The molecule has 29 heavy (non-hydrogen) atoms. The normalized spacial score (nSPS) is 11.8. The quantitative estimate of drug-likeness (QED) is 0.644. The predicted molar refractivity (Wildman–Crippen MR) is 109 cm³/mol. The van der Waals surface area contributed by atoms with Crippen molar-refractivity contribution in [1.29, 1.82) is 0 Å². The van der Waals surface area contributed by atoms with Crippen molar-refractivity contribution in [1.82, 2.24) is 20.3 Å². The van der Waals surface area contributed by atoms with E-state index in [-0.39, 0.29) is 12.2 Å². The fraction of sp³-hybridized carbons (Fsp3) is 0.273. The Bertz CT molecular complexity index is 1040. The van der Waals surface area contributed by atoms with Crippen LogP contribution in [0.15, 0.2) is 48.5 Å². The molecule has 2 N–H and O–H groups in total. The monoisotopic (exact) mass is 392 g/mol. The minimum absolute atomic E-state index is 0.0128. The first-order chi connectivity index (χ1) is 13.8. The topological polar surface area (TPSA) is 97.1 Å². The molecule has 0 fully saturated rings. The van der Waals surface area contributed by atoms with Gasteiger partial charge >= 0.3 is 5.97 Å². The molecule has 0 saturated carbocycles. The van der Waals surface area contributed by atoms with Gasteiger partial charge in [-0.1, -0.05) is 47.2 Å². The van der Waals surface area contributed by atoms with E-state index < -0.39 is 17.8 Å². The molecule has 2 aromatic carbocycles. The number of carbonyl (C=O) groups excluding carboxylic acids is 1. The van der Waals surface area contributed by atoms with Gasteiger partial charge in [-0.15, -0.1) is 5.10 Å². The van der Waals surface area contributed by atoms with Crippen LogP contribution in [0.1, 0.15) is 32.9 Å². The SMILES string of the molecule is Cc1cccc(CC(CNC(=O)c2nnn(-c3cccc(C)c3)c2C)C(=O)O)c1. The van der Waals surface area contributed by atoms with Gasteiger partial charge < -0.3 is 10.4 Å². The Balaban J connectivity index is 1.70. The fourth-order valence-corrected chi connectivity index (χ4v) is 3.21. The summed E-state index contributed by atoms with van der Waals surface area (Å²) in [6, 6.07) is 15.4. The zero-order valence-corrected chi connectivity index (χ0v) is 16.7. The Morgan fingerprint density at radius 2 is 1.76 bits per heavy atom. The average molecular weight is 392 g/mol. The Labute approximate surface area is 169 Å². The van der Waals surface area contributed by atoms with Crippen LogP contribution in [0.25, 0.3) is 5.69 Å². The summed E-state index contributed by atoms with van der Waals surface area (Å²) in [7, 11) is 0. The lowest BCUT2D eigenvalue weighted by Crippen LogP contribution is -2.34. The molecule has 0 aliphatic carbocycles. The molecule has 1 heterocycles. The lowest BCUT2D eigenvalue weighted by atomic mass is 9.98. The van der Waals surface area contributed by atoms with Crippen LogP contribution >= 0.6 is 0 Å². The van der Waals surface area contributed by atoms with Crippen LogP contribution in [0.4, 0.5) is 0 Å². The number of carboxylic acids is 1. The highest BCUT2D eigenvalue weighted by Gasteiger charge is 2.22. The molecule has 1 atom stereocenters. The highest BCUT2D eigenvalue weighted by atomic mass is 16.4. The molecule has 0 aliphatic heterocycles. The third-order valence-corrected chi connectivity index (χ3v) is 4.78. The highest BCUT2D eigenvalue weighted by molar-refractivity contribution is 5.93. The van der Waals surface area contributed by atoms with Gasteiger partial charge in [-0.3, -0.25) is 9.59 Å². The van der Waals surface area contributed by atoms with Crippen molar-refractivity contribution in [2.24, 2.45) is 5.92 Å². The van der Waals surface area contributed by atoms with Gasteiger partial charge in [0.1, 0.15) is 0 Å². The second-order valence-corrected chi connectivity index (χ2v) is 7.21. The fourth-order valence-electron chi connectivity index (χ4n) is 3.21. The van der Waals surface area contributed by atoms with E-state index in [1.54, 1.807) is 11.6 Å². The van der Waals surface area contributed by atoms with Crippen molar-refractivity contribution in [3.63, 3.8) is 0 Å². The Kier molecular flexibility index (Phi) is 6.07. The Morgan fingerprint density at radius 1 is 1.07 bits per heavy atom. The minimum Gasteiger partial charge on any atom is -0.481 e. The maximum atomic E-state index is 12.6. The number of hydrogen-bond donors (Lipinski definition) is 2. The van der Waals surface area contributed by atoms with E-state index >= 15 is 0 Å². The van der Waals surface area contributed by atoms with E-state index in [1.807, 2.05) is 62.4 Å². The second kappa shape index (κ2) is 8.68. The number of nitrogens with zero attached hydrogens (tertiary/aromatic N) is 3. The number of aryl methyl sites for hydroxylation is 2. The summed E-state index contributed by atoms with van der Waals surface area (Å²) in [5.74, 6) is -2.11. The molecule has 0 aliphatic rings. The second-order valence-electron chi connectivity index (χ2n) is 7.21. The zero-order valence-electron chi connectivity index (χ0n) is 16.7. The number of rotatable bonds is 7. The zero-order chi connectivity index (χ0) is 21.0. The molecule has 0 bridgehead atoms. The summed E-state index contributed by atoms with van der Waals surface area (Å²) < 4.78 is 1.60. The van der Waals surface area contributed by atoms with Crippen LogP contribution in [-0.4, -0.2) is 38.5 Å². The van der Waals surface area contributed by atoms with Crippen molar-refractivity contribution in [3.05, 3.63) is 76.6 Å². The van der Waals surface area contributed by atoms with Gasteiger partial charge in [0, 0.05) is 6.54 Å². The van der Waals surface area contributed by atoms with Crippen LogP contribution in [0.3, 0.4) is 0 Å². The van der Waals surface area contributed by atoms with Crippen LogP contribution in [0, 0.1) is 26.7 Å². The maximum Gasteiger partial charge on any atom is 0.308 e. The van der Waals surface area contributed by atoms with Gasteiger partial charge in [-0.2, -0.15) is 0 Å². The first kappa shape index (κ1) is 20.3. The number of nitrogens with one attached hydrogen (secondary N) is 1. The van der Waals surface area contributed by atoms with Gasteiger partial charge in [-0.25, -0.2) is 4.68 Å². The Morgan fingerprint density at radius 3 is 2.41 bits per heavy atom. The van der Waals surface area contributed by atoms with Gasteiger partial charge in [0.05, 0.1) is 17.3 Å². The molecule has 0 spiro atoms. The molecular weight excluding hydrogens is 368 g/mol. The first-order valence-electron chi connectivity index (χ1n) is 9.41. The van der Waals surface area contributed by atoms with Gasteiger partial charge in [0.25, 0.3) is 5.91 Å². The number of amides is 1. The van der Waals surface area contributed by atoms with Crippen LogP contribution in [0.5, 0.6) is 0 Å². The lowest BCUT2D eigenvalue weighted by molar-refractivity contribution is -0.141. The number of carboxylic acid groups (broad SMARTS) is 1. The summed E-state index contributed by atoms with van der Waals surface area (Å²) in [4.78, 5) is 24.2. The molecule has 0 radical (unpaired) electrons. The van der Waals surface area contributed by atoms with Crippen molar-refractivity contribution < 1.29 is 14.7 Å². The third-order valence-electron chi connectivity index (χ3n) is 4.78. The third kappa shape index (κ3) is 4.87. The number of benzene rings is 2. The van der Waals surface area contributed by atoms with E-state index in [4.69, 9.17) is 0 Å².